The molecule has 1 aromatic heterocycles. The molecule has 1 atom stereocenters. The number of likely N-dealkylation sites (N-methyl/N-ethyl adjacent to an activating group) is 1. The average Bonchev–Trinajstić information content (AvgIpc) is 2.62. The Balaban J connectivity index is 2.51. The van der Waals surface area contributed by atoms with Crippen LogP contribution in [0.3, 0.4) is 0 Å². The summed E-state index contributed by atoms with van der Waals surface area (Å²) < 4.78 is 0.358. The van der Waals surface area contributed by atoms with E-state index in [-0.39, 0.29) is 11.5 Å². The molecule has 0 radical (unpaired) electrons. The van der Waals surface area contributed by atoms with Crippen molar-refractivity contribution in [3.63, 3.8) is 0 Å². The Bertz CT molecular complexity index is 512. The van der Waals surface area contributed by atoms with Crippen molar-refractivity contribution in [2.24, 2.45) is 0 Å². The molecule has 2 N–H and O–H groups in total. The molecule has 1 aliphatic rings. The van der Waals surface area contributed by atoms with Crippen LogP contribution in [-0.4, -0.2) is 46.1 Å². The number of carboxylic acids is 1. The van der Waals surface area contributed by atoms with Gasteiger partial charge in [0.05, 0.1) is 5.69 Å². The lowest BCUT2D eigenvalue weighted by Gasteiger charge is -2.14. The van der Waals surface area contributed by atoms with Gasteiger partial charge in [0.15, 0.2) is 4.77 Å². The van der Waals surface area contributed by atoms with Crippen molar-refractivity contribution in [2.75, 3.05) is 20.1 Å². The van der Waals surface area contributed by atoms with Crippen molar-refractivity contribution in [1.29, 1.82) is 0 Å². The summed E-state index contributed by atoms with van der Waals surface area (Å²) in [6.45, 7) is 3.53. The monoisotopic (exact) mass is 253 g/mol. The molecule has 2 rings (SSSR count). The molecule has 0 bridgehead atoms. The third-order valence-electron chi connectivity index (χ3n) is 3.14. The maximum atomic E-state index is 11.3. The third kappa shape index (κ3) is 2.37. The van der Waals surface area contributed by atoms with E-state index in [2.05, 4.69) is 14.9 Å². The second kappa shape index (κ2) is 4.54. The molecule has 1 aliphatic heterocycles. The highest BCUT2D eigenvalue weighted by molar-refractivity contribution is 7.71. The summed E-state index contributed by atoms with van der Waals surface area (Å²) in [5.41, 5.74) is 1.49. The molecule has 2 heterocycles. The number of carboxylic acid groups (broad SMARTS) is 1. The van der Waals surface area contributed by atoms with Crippen LogP contribution in [0, 0.1) is 11.7 Å². The van der Waals surface area contributed by atoms with E-state index < -0.39 is 5.97 Å². The molecular formula is C11H15N3O2S. The van der Waals surface area contributed by atoms with Crippen LogP contribution in [0.15, 0.2) is 0 Å². The Kier molecular flexibility index (Phi) is 3.26. The van der Waals surface area contributed by atoms with Crippen LogP contribution >= 0.6 is 12.2 Å². The van der Waals surface area contributed by atoms with Crippen molar-refractivity contribution < 1.29 is 9.90 Å². The highest BCUT2D eigenvalue weighted by atomic mass is 32.1. The maximum Gasteiger partial charge on any atom is 0.339 e. The minimum Gasteiger partial charge on any atom is -0.478 e. The van der Waals surface area contributed by atoms with Gasteiger partial charge in [-0.3, -0.25) is 0 Å². The van der Waals surface area contributed by atoms with E-state index in [1.54, 1.807) is 6.92 Å². The fourth-order valence-electron chi connectivity index (χ4n) is 2.33. The normalized spacial score (nSPS) is 20.7. The summed E-state index contributed by atoms with van der Waals surface area (Å²) >= 11 is 5.02. The van der Waals surface area contributed by atoms with Gasteiger partial charge in [0, 0.05) is 18.2 Å². The largest absolute Gasteiger partial charge is 0.478 e. The minimum atomic E-state index is -0.939. The number of rotatable bonds is 2. The zero-order chi connectivity index (χ0) is 12.6. The summed E-state index contributed by atoms with van der Waals surface area (Å²) in [6, 6.07) is 0. The van der Waals surface area contributed by atoms with E-state index in [9.17, 15) is 9.90 Å². The van der Waals surface area contributed by atoms with E-state index >= 15 is 0 Å². The highest BCUT2D eigenvalue weighted by Crippen LogP contribution is 2.28. The minimum absolute atomic E-state index is 0.168. The molecule has 17 heavy (non-hydrogen) atoms. The molecule has 1 aromatic rings. The second-order valence-electron chi connectivity index (χ2n) is 4.48. The van der Waals surface area contributed by atoms with Crippen molar-refractivity contribution in [3.8, 4) is 0 Å². The van der Waals surface area contributed by atoms with Crippen LogP contribution in [0.25, 0.3) is 0 Å². The van der Waals surface area contributed by atoms with Crippen LogP contribution in [0.2, 0.25) is 0 Å². The van der Waals surface area contributed by atoms with Crippen LogP contribution in [0.4, 0.5) is 0 Å². The number of hydrogen-bond acceptors (Lipinski definition) is 4. The van der Waals surface area contributed by atoms with Gasteiger partial charge in [0.1, 0.15) is 5.56 Å². The molecule has 0 saturated carbocycles. The standard InChI is InChI=1S/C11H15N3O2S/c1-6-8(10(15)16)9(13-11(17)12-6)7-3-4-14(2)5-7/h7H,3-5H2,1-2H3,(H,15,16)(H,12,13,17). The first kappa shape index (κ1) is 12.2. The predicted molar refractivity (Wildman–Crippen MR) is 66.0 cm³/mol. The first-order valence-corrected chi connectivity index (χ1v) is 5.92. The Morgan fingerprint density at radius 3 is 2.88 bits per heavy atom. The predicted octanol–water partition coefficient (Wildman–Crippen LogP) is 1.56. The van der Waals surface area contributed by atoms with Gasteiger partial charge in [-0.1, -0.05) is 0 Å². The number of aryl methyl sites for hydroxylation is 1. The van der Waals surface area contributed by atoms with Gasteiger partial charge in [0.2, 0.25) is 0 Å². The third-order valence-corrected chi connectivity index (χ3v) is 3.33. The highest BCUT2D eigenvalue weighted by Gasteiger charge is 2.28. The number of aromatic carboxylic acids is 1. The van der Waals surface area contributed by atoms with Gasteiger partial charge in [-0.25, -0.2) is 9.78 Å². The summed E-state index contributed by atoms with van der Waals surface area (Å²) in [5, 5.41) is 9.26. The zero-order valence-corrected chi connectivity index (χ0v) is 10.7. The molecular weight excluding hydrogens is 238 g/mol. The number of hydrogen-bond donors (Lipinski definition) is 2. The number of nitrogens with zero attached hydrogens (tertiary/aromatic N) is 2. The maximum absolute atomic E-state index is 11.3. The summed E-state index contributed by atoms with van der Waals surface area (Å²) in [5.74, 6) is -0.771. The van der Waals surface area contributed by atoms with Crippen LogP contribution in [0.1, 0.15) is 34.1 Å². The average molecular weight is 253 g/mol. The Hall–Kier alpha value is -1.27. The van der Waals surface area contributed by atoms with Crippen molar-refractivity contribution in [3.05, 3.63) is 21.7 Å². The van der Waals surface area contributed by atoms with E-state index in [1.165, 1.54) is 0 Å². The number of carbonyl (C=O) groups is 1. The number of nitrogens with one attached hydrogen (secondary N) is 1. The van der Waals surface area contributed by atoms with Crippen molar-refractivity contribution in [1.82, 2.24) is 14.9 Å². The molecule has 0 spiro atoms. The molecule has 0 aromatic carbocycles. The Morgan fingerprint density at radius 2 is 2.35 bits per heavy atom. The van der Waals surface area contributed by atoms with E-state index in [1.807, 2.05) is 7.05 Å². The van der Waals surface area contributed by atoms with Gasteiger partial charge >= 0.3 is 5.97 Å². The van der Waals surface area contributed by atoms with Crippen LogP contribution in [0.5, 0.6) is 0 Å². The number of aromatic amines is 1. The summed E-state index contributed by atoms with van der Waals surface area (Å²) in [6.07, 6.45) is 0.933. The fourth-order valence-corrected chi connectivity index (χ4v) is 2.58. The Labute approximate surface area is 104 Å². The summed E-state index contributed by atoms with van der Waals surface area (Å²) in [4.78, 5) is 20.5. The number of likely N-dealkylation sites (tertiary alicyclic amines) is 1. The number of H-pyrrole nitrogens is 1. The molecule has 1 fully saturated rings. The van der Waals surface area contributed by atoms with E-state index in [0.717, 1.165) is 19.5 Å². The smallest absolute Gasteiger partial charge is 0.339 e. The molecule has 1 unspecified atom stereocenters. The lowest BCUT2D eigenvalue weighted by Crippen LogP contribution is -2.17. The SMILES string of the molecule is Cc1[nH]c(=S)nc(C2CCN(C)C2)c1C(=O)O. The topological polar surface area (TPSA) is 69.2 Å². The number of aromatic nitrogens is 2. The molecule has 92 valence electrons. The lowest BCUT2D eigenvalue weighted by molar-refractivity contribution is 0.0693. The summed E-state index contributed by atoms with van der Waals surface area (Å²) in [7, 11) is 2.02. The van der Waals surface area contributed by atoms with Gasteiger partial charge < -0.3 is 15.0 Å². The van der Waals surface area contributed by atoms with Gasteiger partial charge in [-0.2, -0.15) is 0 Å². The van der Waals surface area contributed by atoms with Gasteiger partial charge in [-0.15, -0.1) is 0 Å². The quantitative estimate of drug-likeness (QED) is 0.783. The second-order valence-corrected chi connectivity index (χ2v) is 4.87. The van der Waals surface area contributed by atoms with E-state index in [0.29, 0.717) is 16.2 Å². The molecule has 5 nitrogen and oxygen atoms in total. The van der Waals surface area contributed by atoms with Crippen molar-refractivity contribution >= 4 is 18.2 Å². The Morgan fingerprint density at radius 1 is 1.65 bits per heavy atom. The molecule has 0 aliphatic carbocycles. The fraction of sp³-hybridized carbons (Fsp3) is 0.545. The molecule has 0 amide bonds. The van der Waals surface area contributed by atoms with Crippen LogP contribution in [-0.2, 0) is 0 Å². The zero-order valence-electron chi connectivity index (χ0n) is 9.86. The first-order valence-electron chi connectivity index (χ1n) is 5.51. The van der Waals surface area contributed by atoms with E-state index in [4.69, 9.17) is 12.2 Å². The van der Waals surface area contributed by atoms with Crippen LogP contribution < -0.4 is 0 Å². The molecule has 1 saturated heterocycles. The van der Waals surface area contributed by atoms with Crippen molar-refractivity contribution in [2.45, 2.75) is 19.3 Å². The molecule has 6 heteroatoms. The van der Waals surface area contributed by atoms with Gasteiger partial charge in [-0.05, 0) is 39.2 Å². The first-order chi connectivity index (χ1) is 7.99. The lowest BCUT2D eigenvalue weighted by atomic mass is 9.98. The van der Waals surface area contributed by atoms with Gasteiger partial charge in [0.25, 0.3) is 0 Å².